The van der Waals surface area contributed by atoms with Gasteiger partial charge in [0.1, 0.15) is 0 Å². The van der Waals surface area contributed by atoms with Crippen LogP contribution in [0.3, 0.4) is 0 Å². The third kappa shape index (κ3) is 2.13. The van der Waals surface area contributed by atoms with Crippen molar-refractivity contribution in [1.29, 1.82) is 0 Å². The predicted molar refractivity (Wildman–Crippen MR) is 58.6 cm³/mol. The van der Waals surface area contributed by atoms with Crippen molar-refractivity contribution in [3.8, 4) is 0 Å². The summed E-state index contributed by atoms with van der Waals surface area (Å²) in [5, 5.41) is 6.37. The maximum atomic E-state index is 11.9. The van der Waals surface area contributed by atoms with Gasteiger partial charge in [-0.3, -0.25) is 9.13 Å². The van der Waals surface area contributed by atoms with E-state index in [1.807, 2.05) is 0 Å². The second kappa shape index (κ2) is 4.08. The average molecular weight is 266 g/mol. The molecule has 2 unspecified atom stereocenters. The van der Waals surface area contributed by atoms with Gasteiger partial charge >= 0.3 is 7.60 Å². The molecule has 0 saturated carbocycles. The summed E-state index contributed by atoms with van der Waals surface area (Å²) in [6, 6.07) is 6.91. The number of hydrogen-bond acceptors (Lipinski definition) is 3. The monoisotopic (exact) mass is 266 g/mol. The van der Waals surface area contributed by atoms with Crippen LogP contribution >= 0.6 is 15.0 Å². The van der Waals surface area contributed by atoms with Gasteiger partial charge in [-0.05, 0) is 19.1 Å². The zero-order valence-electron chi connectivity index (χ0n) is 8.39. The molecule has 90 valence electrons. The van der Waals surface area contributed by atoms with Gasteiger partial charge in [0.05, 0.1) is 0 Å². The highest BCUT2D eigenvalue weighted by Crippen LogP contribution is 2.68. The van der Waals surface area contributed by atoms with Crippen LogP contribution in [0.5, 0.6) is 0 Å². The van der Waals surface area contributed by atoms with E-state index in [0.29, 0.717) is 6.92 Å². The molecule has 6 nitrogen and oxygen atoms in total. The first-order valence-corrected chi connectivity index (χ1v) is 7.54. The SMILES string of the molecule is CC(O)(P(=O)(O)O)P(=O)(O)c1ccccc1. The third-order valence-corrected chi connectivity index (χ3v) is 7.08. The molecule has 0 heterocycles. The van der Waals surface area contributed by atoms with Gasteiger partial charge in [-0.1, -0.05) is 18.2 Å². The number of aliphatic hydroxyl groups is 1. The van der Waals surface area contributed by atoms with Crippen LogP contribution in [0.4, 0.5) is 0 Å². The Morgan fingerprint density at radius 2 is 1.50 bits per heavy atom. The van der Waals surface area contributed by atoms with E-state index in [4.69, 9.17) is 9.79 Å². The zero-order chi connectivity index (χ0) is 12.6. The minimum absolute atomic E-state index is 0.205. The molecule has 0 aliphatic carbocycles. The highest BCUT2D eigenvalue weighted by atomic mass is 31.2. The Morgan fingerprint density at radius 3 is 1.88 bits per heavy atom. The van der Waals surface area contributed by atoms with Crippen LogP contribution < -0.4 is 5.30 Å². The van der Waals surface area contributed by atoms with Gasteiger partial charge in [-0.2, -0.15) is 0 Å². The van der Waals surface area contributed by atoms with Crippen LogP contribution in [0.2, 0.25) is 0 Å². The molecule has 1 aromatic rings. The summed E-state index contributed by atoms with van der Waals surface area (Å²) >= 11 is 0. The van der Waals surface area contributed by atoms with Gasteiger partial charge in [0.25, 0.3) is 7.37 Å². The van der Waals surface area contributed by atoms with Crippen molar-refractivity contribution in [2.75, 3.05) is 0 Å². The van der Waals surface area contributed by atoms with Gasteiger partial charge in [-0.25, -0.2) is 0 Å². The molecule has 0 saturated heterocycles. The fourth-order valence-corrected chi connectivity index (χ4v) is 3.88. The summed E-state index contributed by atoms with van der Waals surface area (Å²) in [5.41, 5.74) is 0. The molecule has 0 aliphatic heterocycles. The molecule has 0 amide bonds. The molecule has 0 radical (unpaired) electrons. The van der Waals surface area contributed by atoms with Crippen molar-refractivity contribution >= 4 is 20.3 Å². The topological polar surface area (TPSA) is 115 Å². The quantitative estimate of drug-likeness (QED) is 0.589. The summed E-state index contributed by atoms with van der Waals surface area (Å²) in [6.45, 7) is 0.654. The summed E-state index contributed by atoms with van der Waals surface area (Å²) < 4.78 is 22.9. The molecule has 0 bridgehead atoms. The Morgan fingerprint density at radius 1 is 1.06 bits per heavy atom. The molecule has 1 rings (SSSR count). The largest absolute Gasteiger partial charge is 0.369 e. The molecule has 0 aromatic heterocycles. The van der Waals surface area contributed by atoms with Crippen molar-refractivity contribution in [3.05, 3.63) is 30.3 Å². The van der Waals surface area contributed by atoms with Crippen LogP contribution in [0.1, 0.15) is 6.92 Å². The molecule has 0 aliphatic rings. The standard InChI is InChI=1S/C8H12O6P2/c1-8(9,16(12,13)14)15(10,11)7-5-3-2-4-6-7/h2-6,9H,1H3,(H,10,11)(H2,12,13,14). The predicted octanol–water partition coefficient (Wildman–Crippen LogP) is 0.426. The van der Waals surface area contributed by atoms with Gasteiger partial charge < -0.3 is 19.8 Å². The Kier molecular flexibility index (Phi) is 3.46. The van der Waals surface area contributed by atoms with Crippen LogP contribution in [0.15, 0.2) is 30.3 Å². The first kappa shape index (κ1) is 13.6. The van der Waals surface area contributed by atoms with Crippen LogP contribution in [0.25, 0.3) is 0 Å². The Hall–Kier alpha value is -0.480. The first-order chi connectivity index (χ1) is 7.11. The van der Waals surface area contributed by atoms with Gasteiger partial charge in [0.2, 0.25) is 5.08 Å². The van der Waals surface area contributed by atoms with E-state index in [1.165, 1.54) is 24.3 Å². The fourth-order valence-electron chi connectivity index (χ4n) is 1.05. The second-order valence-corrected chi connectivity index (χ2v) is 8.28. The minimum Gasteiger partial charge on any atom is -0.369 e. The van der Waals surface area contributed by atoms with E-state index in [2.05, 4.69) is 0 Å². The zero-order valence-corrected chi connectivity index (χ0v) is 10.2. The lowest BCUT2D eigenvalue weighted by Crippen LogP contribution is -2.29. The number of rotatable bonds is 3. The summed E-state index contributed by atoms with van der Waals surface area (Å²) in [7, 11) is -9.69. The lowest BCUT2D eigenvalue weighted by atomic mass is 10.4. The van der Waals surface area contributed by atoms with Gasteiger partial charge in [-0.15, -0.1) is 0 Å². The van der Waals surface area contributed by atoms with Crippen molar-refractivity contribution in [2.45, 2.75) is 12.0 Å². The average Bonchev–Trinajstić information content (AvgIpc) is 2.17. The lowest BCUT2D eigenvalue weighted by molar-refractivity contribution is 0.167. The maximum Gasteiger partial charge on any atom is 0.366 e. The molecule has 0 fully saturated rings. The molecule has 4 N–H and O–H groups in total. The van der Waals surface area contributed by atoms with E-state index in [1.54, 1.807) is 6.07 Å². The number of benzene rings is 1. The fraction of sp³-hybridized carbons (Fsp3) is 0.250. The molecular weight excluding hydrogens is 254 g/mol. The van der Waals surface area contributed by atoms with Crippen molar-refractivity contribution < 1.29 is 28.9 Å². The van der Waals surface area contributed by atoms with Gasteiger partial charge in [0, 0.05) is 5.30 Å². The molecule has 2 atom stereocenters. The molecule has 1 aromatic carbocycles. The van der Waals surface area contributed by atoms with E-state index in [9.17, 15) is 19.1 Å². The molecule has 16 heavy (non-hydrogen) atoms. The Balaban J connectivity index is 3.34. The summed E-state index contributed by atoms with van der Waals surface area (Å²) in [6.07, 6.45) is 0. The second-order valence-electron chi connectivity index (χ2n) is 3.43. The highest BCUT2D eigenvalue weighted by molar-refractivity contribution is 7.79. The molecule has 8 heteroatoms. The lowest BCUT2D eigenvalue weighted by Gasteiger charge is -2.29. The van der Waals surface area contributed by atoms with E-state index >= 15 is 0 Å². The smallest absolute Gasteiger partial charge is 0.366 e. The Labute approximate surface area is 92.2 Å². The van der Waals surface area contributed by atoms with E-state index in [-0.39, 0.29) is 5.30 Å². The minimum atomic E-state index is -5.11. The van der Waals surface area contributed by atoms with Crippen LogP contribution in [-0.4, -0.2) is 24.9 Å². The first-order valence-electron chi connectivity index (χ1n) is 4.27. The van der Waals surface area contributed by atoms with E-state index < -0.39 is 20.0 Å². The molecule has 0 spiro atoms. The summed E-state index contributed by atoms with van der Waals surface area (Å²) in [5.74, 6) is 0. The van der Waals surface area contributed by atoms with E-state index in [0.717, 1.165) is 0 Å². The summed E-state index contributed by atoms with van der Waals surface area (Å²) in [4.78, 5) is 27.4. The van der Waals surface area contributed by atoms with Crippen molar-refractivity contribution in [1.82, 2.24) is 0 Å². The van der Waals surface area contributed by atoms with Crippen molar-refractivity contribution in [2.24, 2.45) is 0 Å². The highest BCUT2D eigenvalue weighted by Gasteiger charge is 2.56. The Bertz CT molecular complexity index is 463. The van der Waals surface area contributed by atoms with Crippen LogP contribution in [-0.2, 0) is 9.13 Å². The third-order valence-electron chi connectivity index (χ3n) is 2.23. The van der Waals surface area contributed by atoms with Crippen LogP contribution in [0, 0.1) is 0 Å². The number of hydrogen-bond donors (Lipinski definition) is 4. The van der Waals surface area contributed by atoms with Crippen molar-refractivity contribution in [3.63, 3.8) is 0 Å². The maximum absolute atomic E-state index is 11.9. The molecular formula is C8H12O6P2. The normalized spacial score (nSPS) is 19.8. The van der Waals surface area contributed by atoms with Gasteiger partial charge in [0.15, 0.2) is 0 Å².